The Morgan fingerprint density at radius 3 is 2.38 bits per heavy atom. The fourth-order valence-electron chi connectivity index (χ4n) is 4.18. The molecule has 0 saturated carbocycles. The molecule has 0 aliphatic carbocycles. The van der Waals surface area contributed by atoms with E-state index in [1.807, 2.05) is 42.5 Å². The third-order valence-electron chi connectivity index (χ3n) is 5.92. The lowest BCUT2D eigenvalue weighted by Crippen LogP contribution is -2.54. The van der Waals surface area contributed by atoms with Crippen molar-refractivity contribution < 1.29 is 23.9 Å². The monoisotopic (exact) mass is 494 g/mol. The molecule has 9 nitrogen and oxygen atoms in total. The molecule has 2 N–H and O–H groups in total. The number of nitrogens with one attached hydrogen (secondary N) is 2. The number of ether oxygens (including phenoxy) is 1. The highest BCUT2D eigenvalue weighted by Gasteiger charge is 2.37. The van der Waals surface area contributed by atoms with Crippen molar-refractivity contribution in [2.45, 2.75) is 6.54 Å². The van der Waals surface area contributed by atoms with Crippen LogP contribution in [0, 0.1) is 0 Å². The van der Waals surface area contributed by atoms with Crippen LogP contribution in [0.4, 0.5) is 16.2 Å². The molecule has 4 aromatic rings. The lowest BCUT2D eigenvalue weighted by Gasteiger charge is -2.26. The Bertz CT molecular complexity index is 1550. The molecule has 0 unspecified atom stereocenters. The van der Waals surface area contributed by atoms with Crippen LogP contribution in [-0.4, -0.2) is 35.4 Å². The molecule has 0 atom stereocenters. The topological polar surface area (TPSA) is 110 Å². The quantitative estimate of drug-likeness (QED) is 0.312. The van der Waals surface area contributed by atoms with Crippen LogP contribution in [0.2, 0.25) is 0 Å². The maximum atomic E-state index is 13.3. The summed E-state index contributed by atoms with van der Waals surface area (Å²) in [5.41, 5.74) is 2.09. The lowest BCUT2D eigenvalue weighted by molar-refractivity contribution is -0.122. The molecule has 5 rings (SSSR count). The van der Waals surface area contributed by atoms with E-state index in [-0.39, 0.29) is 18.0 Å². The van der Waals surface area contributed by atoms with E-state index in [0.717, 1.165) is 15.8 Å². The molecule has 0 spiro atoms. The van der Waals surface area contributed by atoms with Gasteiger partial charge < -0.3 is 14.6 Å². The normalized spacial score (nSPS) is 14.7. The Balaban J connectivity index is 1.48. The van der Waals surface area contributed by atoms with Gasteiger partial charge in [-0.15, -0.1) is 0 Å². The number of benzene rings is 3. The molecular formula is C28H22N4O5. The molecular weight excluding hydrogens is 472 g/mol. The van der Waals surface area contributed by atoms with Crippen LogP contribution in [0.25, 0.3) is 17.0 Å². The van der Waals surface area contributed by atoms with Crippen molar-refractivity contribution in [2.75, 3.05) is 17.3 Å². The molecule has 0 radical (unpaired) electrons. The number of amides is 5. The van der Waals surface area contributed by atoms with Gasteiger partial charge in [-0.3, -0.25) is 19.7 Å². The molecule has 1 aromatic heterocycles. The minimum absolute atomic E-state index is 0.0230. The summed E-state index contributed by atoms with van der Waals surface area (Å²) in [4.78, 5) is 52.1. The first-order valence-corrected chi connectivity index (χ1v) is 11.4. The van der Waals surface area contributed by atoms with Crippen molar-refractivity contribution in [2.24, 2.45) is 0 Å². The number of aromatic nitrogens is 1. The Morgan fingerprint density at radius 2 is 1.65 bits per heavy atom. The first-order valence-electron chi connectivity index (χ1n) is 11.4. The number of para-hydroxylation sites is 2. The van der Waals surface area contributed by atoms with E-state index >= 15 is 0 Å². The van der Waals surface area contributed by atoms with Crippen LogP contribution in [-0.2, 0) is 20.9 Å². The number of urea groups is 1. The maximum Gasteiger partial charge on any atom is 0.335 e. The number of methoxy groups -OCH3 is 1. The van der Waals surface area contributed by atoms with Gasteiger partial charge in [-0.1, -0.05) is 36.4 Å². The number of fused-ring (bicyclic) bond motifs is 1. The number of hydrogen-bond acceptors (Lipinski definition) is 5. The largest absolute Gasteiger partial charge is 0.497 e. The van der Waals surface area contributed by atoms with E-state index in [2.05, 4.69) is 10.6 Å². The van der Waals surface area contributed by atoms with Gasteiger partial charge in [0, 0.05) is 28.4 Å². The number of carbonyl (C=O) groups is 4. The first-order chi connectivity index (χ1) is 17.9. The number of nitrogens with zero attached hydrogens (tertiary/aromatic N) is 2. The standard InChI is InChI=1S/C28H22N4O5/c1-37-21-13-11-20(12-14-21)32-27(35)23(26(34)30-28(32)36)15-18-16-31(24-10-6-5-9-22(18)24)17-25(33)29-19-7-3-2-4-8-19/h2-16H,17H2,1H3,(H,29,33)(H,30,34,36). The average molecular weight is 495 g/mol. The van der Waals surface area contributed by atoms with Gasteiger partial charge in [-0.05, 0) is 48.5 Å². The SMILES string of the molecule is COc1ccc(N2C(=O)NC(=O)C(=Cc3cn(CC(=O)Nc4ccccc4)c4ccccc34)C2=O)cc1. The van der Waals surface area contributed by atoms with E-state index in [4.69, 9.17) is 4.74 Å². The summed E-state index contributed by atoms with van der Waals surface area (Å²) in [5, 5.41) is 5.82. The number of imide groups is 2. The van der Waals surface area contributed by atoms with Crippen molar-refractivity contribution >= 4 is 52.1 Å². The van der Waals surface area contributed by atoms with Crippen LogP contribution in [0.1, 0.15) is 5.56 Å². The van der Waals surface area contributed by atoms with Crippen molar-refractivity contribution in [1.82, 2.24) is 9.88 Å². The highest BCUT2D eigenvalue weighted by atomic mass is 16.5. The molecule has 37 heavy (non-hydrogen) atoms. The van der Waals surface area contributed by atoms with Gasteiger partial charge in [0.05, 0.1) is 12.8 Å². The Kier molecular flexibility index (Phi) is 6.25. The number of rotatable bonds is 6. The summed E-state index contributed by atoms with van der Waals surface area (Å²) in [7, 11) is 1.51. The van der Waals surface area contributed by atoms with Crippen LogP contribution < -0.4 is 20.3 Å². The molecule has 2 heterocycles. The van der Waals surface area contributed by atoms with Crippen LogP contribution >= 0.6 is 0 Å². The molecule has 3 aromatic carbocycles. The van der Waals surface area contributed by atoms with Gasteiger partial charge in [-0.2, -0.15) is 0 Å². The van der Waals surface area contributed by atoms with Gasteiger partial charge >= 0.3 is 6.03 Å². The molecule has 184 valence electrons. The molecule has 5 amide bonds. The fourth-order valence-corrected chi connectivity index (χ4v) is 4.18. The van der Waals surface area contributed by atoms with Crippen LogP contribution in [0.3, 0.4) is 0 Å². The molecule has 1 aliphatic rings. The number of hydrogen-bond donors (Lipinski definition) is 2. The zero-order chi connectivity index (χ0) is 25.9. The van der Waals surface area contributed by atoms with Crippen molar-refractivity contribution in [3.8, 4) is 5.75 Å². The Hall–Kier alpha value is -5.18. The zero-order valence-corrected chi connectivity index (χ0v) is 19.8. The Morgan fingerprint density at radius 1 is 0.946 bits per heavy atom. The molecule has 1 aliphatic heterocycles. The number of barbiturate groups is 1. The van der Waals surface area contributed by atoms with E-state index in [9.17, 15) is 19.2 Å². The second kappa shape index (κ2) is 9.82. The minimum Gasteiger partial charge on any atom is -0.497 e. The van der Waals surface area contributed by atoms with E-state index in [0.29, 0.717) is 22.7 Å². The smallest absolute Gasteiger partial charge is 0.335 e. The summed E-state index contributed by atoms with van der Waals surface area (Å²) >= 11 is 0. The van der Waals surface area contributed by atoms with Gasteiger partial charge in [0.25, 0.3) is 11.8 Å². The molecule has 1 saturated heterocycles. The van der Waals surface area contributed by atoms with Crippen LogP contribution in [0.5, 0.6) is 5.75 Å². The second-order valence-electron chi connectivity index (χ2n) is 8.30. The van der Waals surface area contributed by atoms with Gasteiger partial charge in [0.2, 0.25) is 5.91 Å². The second-order valence-corrected chi connectivity index (χ2v) is 8.30. The number of anilines is 2. The van der Waals surface area contributed by atoms with Crippen molar-refractivity contribution in [1.29, 1.82) is 0 Å². The number of carbonyl (C=O) groups excluding carboxylic acids is 4. The van der Waals surface area contributed by atoms with Crippen molar-refractivity contribution in [3.05, 3.63) is 96.2 Å². The maximum absolute atomic E-state index is 13.3. The predicted molar refractivity (Wildman–Crippen MR) is 139 cm³/mol. The summed E-state index contributed by atoms with van der Waals surface area (Å²) in [6.45, 7) is 0.0230. The van der Waals surface area contributed by atoms with Crippen molar-refractivity contribution in [3.63, 3.8) is 0 Å². The minimum atomic E-state index is -0.836. The lowest BCUT2D eigenvalue weighted by atomic mass is 10.1. The predicted octanol–water partition coefficient (Wildman–Crippen LogP) is 3.96. The summed E-state index contributed by atoms with van der Waals surface area (Å²) in [6.07, 6.45) is 3.14. The summed E-state index contributed by atoms with van der Waals surface area (Å²) < 4.78 is 6.88. The van der Waals surface area contributed by atoms with Gasteiger partial charge in [0.15, 0.2) is 0 Å². The van der Waals surface area contributed by atoms with Crippen LogP contribution in [0.15, 0.2) is 90.6 Å². The molecule has 9 heteroatoms. The van der Waals surface area contributed by atoms with E-state index in [1.165, 1.54) is 13.2 Å². The zero-order valence-electron chi connectivity index (χ0n) is 19.8. The summed E-state index contributed by atoms with van der Waals surface area (Å²) in [5.74, 6) is -1.21. The summed E-state index contributed by atoms with van der Waals surface area (Å²) in [6, 6.07) is 22.0. The third-order valence-corrected chi connectivity index (χ3v) is 5.92. The van der Waals surface area contributed by atoms with Gasteiger partial charge in [-0.25, -0.2) is 9.69 Å². The molecule has 0 bridgehead atoms. The average Bonchev–Trinajstić information content (AvgIpc) is 3.24. The highest BCUT2D eigenvalue weighted by Crippen LogP contribution is 2.27. The fraction of sp³-hybridized carbons (Fsp3) is 0.0714. The molecule has 1 fully saturated rings. The highest BCUT2D eigenvalue weighted by molar-refractivity contribution is 6.39. The third kappa shape index (κ3) is 4.70. The Labute approximate surface area is 211 Å². The first kappa shape index (κ1) is 23.6. The van der Waals surface area contributed by atoms with Gasteiger partial charge in [0.1, 0.15) is 17.9 Å². The van der Waals surface area contributed by atoms with E-state index in [1.54, 1.807) is 47.2 Å². The van der Waals surface area contributed by atoms with E-state index < -0.39 is 17.8 Å².